The van der Waals surface area contributed by atoms with E-state index < -0.39 is 316 Å². The molecule has 0 spiro atoms. The number of carboxylic acid groups (broad SMARTS) is 1. The van der Waals surface area contributed by atoms with E-state index in [-0.39, 0.29) is 39.8 Å². The summed E-state index contributed by atoms with van der Waals surface area (Å²) in [4.78, 5) is 138. The first kappa shape index (κ1) is 97.0. The van der Waals surface area contributed by atoms with Crippen molar-refractivity contribution in [1.29, 1.82) is 0 Å². The van der Waals surface area contributed by atoms with Crippen molar-refractivity contribution >= 4 is 76.4 Å². The highest BCUT2D eigenvalue weighted by atomic mass is 35.5. The summed E-state index contributed by atoms with van der Waals surface area (Å²) in [6.07, 6.45) is -24.9. The van der Waals surface area contributed by atoms with Crippen molar-refractivity contribution in [2.24, 2.45) is 11.7 Å². The Bertz CT molecular complexity index is 5580. The minimum absolute atomic E-state index is 0.0270. The maximum absolute atomic E-state index is 17.0. The van der Waals surface area contributed by atoms with Crippen LogP contribution in [-0.2, 0) is 68.5 Å². The van der Waals surface area contributed by atoms with Crippen LogP contribution in [0, 0.1) is 5.92 Å². The number of hydrogen-bond acceptors (Lipinski definition) is 33. The standard InChI is InChI=1S/C89H99Cl2N9O33/c1-34(2)9-7-5-4-6-8-10-61(109)95-69-75(114)72(111)59(32-102)130-88(69)133-79-56-26-41-27-57(79)127-53-18-14-39(24-48(53)91)78(132-87-68(93-35(3)104)74(113)71(110)58(31-101)129-87)70-85(122)99-67(86(123)124)46-29-43(106)30-55(128-89-77(116)76(115)73(112)60(33-103)131-89)62(46)45-23-38(13-15-50(45)107)64(82(119)100-70)97-84(121)66(41)98-83(120)65-40-21-42(105)28-44(22-40)125-54-25-37(12-16-51(54)108)63(92)81(118)94-49(80(117)96-65)20-36-11-17-52(126-56)47(90)19-36/h11-19,21-30,34,49,58-60,63-78,87-89,101-103,105-108,110-116H,4-10,20,31-33,92H2,1-3H3,(H,93,104)(H,94,118)(H,95,109)(H,96,117)(H,97,121)(H,98,120)(H,99,122)(H,100,119)(H,123,124)/t49-,58-,59-,60-,63-,64+,65+,66+,67-,68+,69+,70+,71-,72-,73-,74-,75-,76+,77+,78-,87+,88+,89+/m1/s1. The zero-order valence-corrected chi connectivity index (χ0v) is 72.5. The summed E-state index contributed by atoms with van der Waals surface area (Å²) in [6, 6.07) is 0.677. The van der Waals surface area contributed by atoms with Crippen molar-refractivity contribution in [2.45, 2.75) is 213 Å². The molecule has 9 aliphatic rings. The van der Waals surface area contributed by atoms with Crippen molar-refractivity contribution in [3.05, 3.63) is 164 Å². The van der Waals surface area contributed by atoms with Gasteiger partial charge in [-0.05, 0) is 125 Å². The Hall–Kier alpha value is -12.0. The van der Waals surface area contributed by atoms with Gasteiger partial charge in [-0.15, -0.1) is 0 Å². The van der Waals surface area contributed by atoms with E-state index in [9.17, 15) is 95.8 Å². The Kier molecular flexibility index (Phi) is 30.0. The summed E-state index contributed by atoms with van der Waals surface area (Å²) in [6.45, 7) is 2.03. The van der Waals surface area contributed by atoms with Crippen molar-refractivity contribution in [3.8, 4) is 80.1 Å². The molecule has 7 aromatic rings. The number of aliphatic carboxylic acids is 1. The molecule has 9 heterocycles. The molecule has 9 aliphatic heterocycles. The van der Waals surface area contributed by atoms with Crippen LogP contribution >= 0.6 is 23.2 Å². The van der Waals surface area contributed by atoms with E-state index in [1.807, 2.05) is 0 Å². The van der Waals surface area contributed by atoms with Crippen molar-refractivity contribution in [2.75, 3.05) is 19.8 Å². The normalized spacial score (nSPS) is 28.8. The van der Waals surface area contributed by atoms with Crippen molar-refractivity contribution < 1.29 is 162 Å². The number of rotatable bonds is 20. The predicted molar refractivity (Wildman–Crippen MR) is 458 cm³/mol. The van der Waals surface area contributed by atoms with Gasteiger partial charge in [-0.3, -0.25) is 38.4 Å². The van der Waals surface area contributed by atoms with Crippen LogP contribution in [0.2, 0.25) is 10.0 Å². The number of nitrogens with one attached hydrogen (secondary N) is 8. The van der Waals surface area contributed by atoms with Crippen LogP contribution in [0.5, 0.6) is 69.0 Å². The molecule has 0 saturated carbocycles. The molecule has 3 fully saturated rings. The van der Waals surface area contributed by atoms with Crippen LogP contribution in [0.15, 0.2) is 115 Å². The third-order valence-electron chi connectivity index (χ3n) is 23.6. The summed E-state index contributed by atoms with van der Waals surface area (Å²) in [5.74, 6) is -19.1. The monoisotopic (exact) mass is 1890 g/mol. The van der Waals surface area contributed by atoms with Crippen LogP contribution in [0.4, 0.5) is 0 Å². The van der Waals surface area contributed by atoms with Gasteiger partial charge in [0.05, 0.1) is 29.9 Å². The van der Waals surface area contributed by atoms with Gasteiger partial charge < -0.3 is 167 Å². The maximum atomic E-state index is 17.0. The molecular weight excluding hydrogens is 1790 g/mol. The number of amides is 8. The number of nitrogens with two attached hydrogens (primary N) is 1. The number of halogens is 2. The molecule has 8 amide bonds. The molecule has 712 valence electrons. The van der Waals surface area contributed by atoms with Crippen LogP contribution in [-0.4, -0.2) is 254 Å². The second-order valence-electron chi connectivity index (χ2n) is 33.5. The molecule has 17 bridgehead atoms. The smallest absolute Gasteiger partial charge is 0.330 e. The number of carbonyl (C=O) groups is 9. The fourth-order valence-corrected chi connectivity index (χ4v) is 17.1. The van der Waals surface area contributed by atoms with Crippen molar-refractivity contribution in [3.63, 3.8) is 0 Å². The zero-order chi connectivity index (χ0) is 95.6. The average Bonchev–Trinajstić information content (AvgIpc) is 0.755. The topological polar surface area (TPSA) is 662 Å². The molecule has 133 heavy (non-hydrogen) atoms. The lowest BCUT2D eigenvalue weighted by Gasteiger charge is -2.44. The van der Waals surface area contributed by atoms with E-state index in [1.54, 1.807) is 0 Å². The highest BCUT2D eigenvalue weighted by Gasteiger charge is 2.52. The van der Waals surface area contributed by atoms with E-state index in [0.29, 0.717) is 18.8 Å². The number of aromatic hydroxyl groups is 4. The van der Waals surface area contributed by atoms with Gasteiger partial charge in [0.15, 0.2) is 35.3 Å². The van der Waals surface area contributed by atoms with E-state index in [4.69, 9.17) is 71.6 Å². The Morgan fingerprint density at radius 2 is 1.05 bits per heavy atom. The molecular formula is C89H99Cl2N9O33. The quantitative estimate of drug-likeness (QED) is 0.0480. The number of fused-ring (bicyclic) bond motifs is 14. The fourth-order valence-electron chi connectivity index (χ4n) is 16.6. The molecule has 25 N–H and O–H groups in total. The molecule has 0 unspecified atom stereocenters. The van der Waals surface area contributed by atoms with Crippen LogP contribution < -0.4 is 72.0 Å². The number of carbonyl (C=O) groups excluding carboxylic acids is 8. The summed E-state index contributed by atoms with van der Waals surface area (Å²) >= 11 is 14.7. The minimum Gasteiger partial charge on any atom is -0.508 e. The highest BCUT2D eigenvalue weighted by molar-refractivity contribution is 6.32. The fraction of sp³-hybridized carbons (Fsp3) is 0.427. The number of unbranched alkanes of at least 4 members (excludes halogenated alkanes) is 4. The SMILES string of the molecule is CC(=O)N[C@@H]1[C@H](O[C@@H]2c3ccc(c(Cl)c3)Oc3cc4cc(c3O[C@@H]3O[C@H](CO)[C@@H](O)[C@H](O)[C@@H]3NC(=O)CCCCCCCC(C)C)Oc3ccc(cc3Cl)C[C@H]3NC(=O)[C@H](N)c5ccc(O)c(c5)Oc5cc(O)cc(c5)[C@H](NC3=O)C(=O)N[C@@H]4C(=O)N[C@@H]3C(=O)N[C@@H]2C(=O)N[C@@H](C(=O)O)c2cc(O)cc(O[C@H]4O[C@H](CO)[C@@H](O)[C@H](O)[C@@H]4O)c2-c2cc3ccc2O)O[C@H](CO)[C@@H](O)[C@@H]1O. The van der Waals surface area contributed by atoms with Gasteiger partial charge in [-0.1, -0.05) is 93.4 Å². The first-order valence-electron chi connectivity index (χ1n) is 42.5. The number of phenolic OH excluding ortho intramolecular Hbond substituents is 4. The lowest BCUT2D eigenvalue weighted by atomic mass is 9.89. The number of aliphatic hydroxyl groups is 10. The molecule has 3 saturated heterocycles. The number of ether oxygens (including phenoxy) is 9. The molecule has 16 rings (SSSR count). The third kappa shape index (κ3) is 21.3. The highest BCUT2D eigenvalue weighted by Crippen LogP contribution is 2.51. The van der Waals surface area contributed by atoms with Gasteiger partial charge in [0, 0.05) is 48.6 Å². The van der Waals surface area contributed by atoms with Crippen molar-refractivity contribution in [1.82, 2.24) is 42.5 Å². The number of benzene rings is 7. The summed E-state index contributed by atoms with van der Waals surface area (Å²) in [5, 5.41) is 190. The Balaban J connectivity index is 1.03. The molecule has 7 aromatic carbocycles. The largest absolute Gasteiger partial charge is 0.508 e. The lowest BCUT2D eigenvalue weighted by molar-refractivity contribution is -0.284. The minimum atomic E-state index is -2.59. The Morgan fingerprint density at radius 3 is 1.68 bits per heavy atom. The van der Waals surface area contributed by atoms with Gasteiger partial charge >= 0.3 is 5.97 Å². The van der Waals surface area contributed by atoms with Gasteiger partial charge in [0.2, 0.25) is 65.6 Å². The van der Waals surface area contributed by atoms with Gasteiger partial charge in [-0.25, -0.2) is 4.79 Å². The molecule has 42 nitrogen and oxygen atoms in total. The van der Waals surface area contributed by atoms with Gasteiger partial charge in [0.1, 0.15) is 156 Å². The van der Waals surface area contributed by atoms with E-state index in [2.05, 4.69) is 56.4 Å². The second-order valence-corrected chi connectivity index (χ2v) is 34.4. The van der Waals surface area contributed by atoms with E-state index >= 15 is 24.0 Å². The van der Waals surface area contributed by atoms with Crippen LogP contribution in [0.3, 0.4) is 0 Å². The zero-order valence-electron chi connectivity index (χ0n) is 71.0. The second kappa shape index (κ2) is 41.2. The lowest BCUT2D eigenvalue weighted by Crippen LogP contribution is -2.65. The predicted octanol–water partition coefficient (Wildman–Crippen LogP) is 1.41. The molecule has 23 atom stereocenters. The van der Waals surface area contributed by atoms with E-state index in [0.717, 1.165) is 118 Å². The molecule has 44 heteroatoms. The van der Waals surface area contributed by atoms with Crippen LogP contribution in [0.25, 0.3) is 11.1 Å². The number of carboxylic acids is 1. The summed E-state index contributed by atoms with van der Waals surface area (Å²) < 4.78 is 57.5. The van der Waals surface area contributed by atoms with E-state index in [1.165, 1.54) is 30.3 Å². The first-order valence-corrected chi connectivity index (χ1v) is 43.2. The number of phenols is 4. The average molecular weight is 1890 g/mol. The number of aliphatic hydroxyl groups excluding tert-OH is 10. The molecule has 0 radical (unpaired) electrons. The summed E-state index contributed by atoms with van der Waals surface area (Å²) in [7, 11) is 0. The van der Waals surface area contributed by atoms with Crippen LogP contribution in [0.1, 0.15) is 141 Å². The Morgan fingerprint density at radius 1 is 0.496 bits per heavy atom. The van der Waals surface area contributed by atoms with Gasteiger partial charge in [-0.2, -0.15) is 0 Å². The first-order chi connectivity index (χ1) is 63.4. The van der Waals surface area contributed by atoms with Gasteiger partial charge in [0.25, 0.3) is 0 Å². The molecule has 0 aliphatic carbocycles. The Labute approximate surface area is 766 Å². The number of hydrogen-bond donors (Lipinski definition) is 24. The third-order valence-corrected chi connectivity index (χ3v) is 24.2. The molecule has 0 aromatic heterocycles. The summed E-state index contributed by atoms with van der Waals surface area (Å²) in [5.41, 5.74) is 2.80. The maximum Gasteiger partial charge on any atom is 0.330 e.